The first-order chi connectivity index (χ1) is 8.62. The summed E-state index contributed by atoms with van der Waals surface area (Å²) < 4.78 is 0. The topological polar surface area (TPSA) is 63.3 Å². The Hall–Kier alpha value is -1.87. The van der Waals surface area contributed by atoms with Crippen molar-refractivity contribution in [3.63, 3.8) is 0 Å². The lowest BCUT2D eigenvalue weighted by Crippen LogP contribution is -2.54. The molecular weight excluding hydrogens is 226 g/mol. The van der Waals surface area contributed by atoms with Crippen molar-refractivity contribution >= 4 is 16.7 Å². The van der Waals surface area contributed by atoms with Crippen LogP contribution in [0.2, 0.25) is 0 Å². The Labute approximate surface area is 105 Å². The molecule has 0 unspecified atom stereocenters. The summed E-state index contributed by atoms with van der Waals surface area (Å²) in [6.07, 6.45) is 1.06. The van der Waals surface area contributed by atoms with Crippen LogP contribution in [0.15, 0.2) is 42.5 Å². The number of rotatable bonds is 2. The highest BCUT2D eigenvalue weighted by Gasteiger charge is 2.50. The number of carbonyl (C=O) groups is 1. The molecule has 1 aliphatic rings. The van der Waals surface area contributed by atoms with Crippen molar-refractivity contribution in [3.05, 3.63) is 48.0 Å². The average Bonchev–Trinajstić information content (AvgIpc) is 2.34. The van der Waals surface area contributed by atoms with Crippen molar-refractivity contribution in [2.24, 2.45) is 5.73 Å². The van der Waals surface area contributed by atoms with Crippen LogP contribution in [0.1, 0.15) is 18.4 Å². The van der Waals surface area contributed by atoms with Gasteiger partial charge in [0, 0.05) is 6.04 Å². The molecule has 3 rings (SSSR count). The fourth-order valence-electron chi connectivity index (χ4n) is 2.86. The molecule has 0 spiro atoms. The highest BCUT2D eigenvalue weighted by molar-refractivity contribution is 5.88. The van der Waals surface area contributed by atoms with Crippen LogP contribution in [0.5, 0.6) is 0 Å². The molecule has 3 N–H and O–H groups in total. The van der Waals surface area contributed by atoms with E-state index in [1.54, 1.807) is 0 Å². The molecular formula is C15H15NO2. The van der Waals surface area contributed by atoms with E-state index >= 15 is 0 Å². The predicted octanol–water partition coefficient (Wildman–Crippen LogP) is 2.28. The molecule has 0 aromatic heterocycles. The van der Waals surface area contributed by atoms with E-state index in [-0.39, 0.29) is 6.04 Å². The SMILES string of the molecule is NC1CC(C(=O)O)(c2ccc3ccccc3c2)C1. The molecule has 18 heavy (non-hydrogen) atoms. The number of benzene rings is 2. The minimum absolute atomic E-state index is 0.00701. The highest BCUT2D eigenvalue weighted by Crippen LogP contribution is 2.44. The van der Waals surface area contributed by atoms with Crippen LogP contribution < -0.4 is 5.73 Å². The zero-order chi connectivity index (χ0) is 12.8. The van der Waals surface area contributed by atoms with Crippen LogP contribution in [0, 0.1) is 0 Å². The van der Waals surface area contributed by atoms with Gasteiger partial charge in [0.15, 0.2) is 0 Å². The second kappa shape index (κ2) is 3.82. The monoisotopic (exact) mass is 241 g/mol. The van der Waals surface area contributed by atoms with Crippen molar-refractivity contribution in [2.45, 2.75) is 24.3 Å². The van der Waals surface area contributed by atoms with Crippen LogP contribution in [0.25, 0.3) is 10.8 Å². The maximum atomic E-state index is 11.5. The van der Waals surface area contributed by atoms with Crippen LogP contribution in [-0.2, 0) is 10.2 Å². The molecule has 0 saturated heterocycles. The van der Waals surface area contributed by atoms with E-state index in [0.717, 1.165) is 16.3 Å². The van der Waals surface area contributed by atoms with Crippen molar-refractivity contribution in [1.82, 2.24) is 0 Å². The van der Waals surface area contributed by atoms with E-state index < -0.39 is 11.4 Å². The lowest BCUT2D eigenvalue weighted by molar-refractivity contribution is -0.148. The molecule has 0 bridgehead atoms. The molecule has 1 aliphatic carbocycles. The van der Waals surface area contributed by atoms with E-state index in [0.29, 0.717) is 12.8 Å². The fourth-order valence-corrected chi connectivity index (χ4v) is 2.86. The first-order valence-corrected chi connectivity index (χ1v) is 6.10. The molecule has 0 atom stereocenters. The number of aliphatic carboxylic acids is 1. The zero-order valence-corrected chi connectivity index (χ0v) is 9.97. The molecule has 1 saturated carbocycles. The number of carboxylic acids is 1. The molecule has 92 valence electrons. The van der Waals surface area contributed by atoms with Crippen LogP contribution in [0.3, 0.4) is 0 Å². The van der Waals surface area contributed by atoms with Gasteiger partial charge in [-0.3, -0.25) is 4.79 Å². The van der Waals surface area contributed by atoms with Gasteiger partial charge in [-0.2, -0.15) is 0 Å². The Morgan fingerprint density at radius 2 is 1.83 bits per heavy atom. The second-order valence-corrected chi connectivity index (χ2v) is 5.12. The Balaban J connectivity index is 2.11. The van der Waals surface area contributed by atoms with Gasteiger partial charge < -0.3 is 10.8 Å². The molecule has 0 heterocycles. The van der Waals surface area contributed by atoms with Crippen LogP contribution >= 0.6 is 0 Å². The standard InChI is InChI=1S/C15H15NO2/c16-13-8-15(9-13,14(17)18)12-6-5-10-3-1-2-4-11(10)7-12/h1-7,13H,8-9,16H2,(H,17,18). The van der Waals surface area contributed by atoms with Gasteiger partial charge in [-0.25, -0.2) is 0 Å². The lowest BCUT2D eigenvalue weighted by atomic mass is 9.61. The zero-order valence-electron chi connectivity index (χ0n) is 9.97. The van der Waals surface area contributed by atoms with Gasteiger partial charge in [-0.15, -0.1) is 0 Å². The molecule has 1 fully saturated rings. The average molecular weight is 241 g/mol. The summed E-state index contributed by atoms with van der Waals surface area (Å²) in [6.45, 7) is 0. The third kappa shape index (κ3) is 1.51. The van der Waals surface area contributed by atoms with E-state index in [4.69, 9.17) is 5.73 Å². The van der Waals surface area contributed by atoms with Gasteiger partial charge in [0.1, 0.15) is 0 Å². The Morgan fingerprint density at radius 3 is 2.44 bits per heavy atom. The fraction of sp³-hybridized carbons (Fsp3) is 0.267. The van der Waals surface area contributed by atoms with Gasteiger partial charge in [-0.1, -0.05) is 42.5 Å². The Bertz CT molecular complexity index is 615. The first-order valence-electron chi connectivity index (χ1n) is 6.10. The van der Waals surface area contributed by atoms with Gasteiger partial charge in [0.25, 0.3) is 0 Å². The Morgan fingerprint density at radius 1 is 1.17 bits per heavy atom. The van der Waals surface area contributed by atoms with Crippen LogP contribution in [0.4, 0.5) is 0 Å². The van der Waals surface area contributed by atoms with Gasteiger partial charge in [0.05, 0.1) is 5.41 Å². The smallest absolute Gasteiger partial charge is 0.314 e. The van der Waals surface area contributed by atoms with E-state index in [1.165, 1.54) is 0 Å². The molecule has 0 aliphatic heterocycles. The number of hydrogen-bond acceptors (Lipinski definition) is 2. The summed E-state index contributed by atoms with van der Waals surface area (Å²) in [4.78, 5) is 11.5. The molecule has 0 radical (unpaired) electrons. The summed E-state index contributed by atoms with van der Waals surface area (Å²) in [6, 6.07) is 13.9. The summed E-state index contributed by atoms with van der Waals surface area (Å²) in [5.74, 6) is -0.764. The maximum absolute atomic E-state index is 11.5. The minimum atomic E-state index is -0.774. The largest absolute Gasteiger partial charge is 0.481 e. The first kappa shape index (κ1) is 11.2. The molecule has 2 aromatic rings. The van der Waals surface area contributed by atoms with E-state index in [2.05, 4.69) is 0 Å². The number of fused-ring (bicyclic) bond motifs is 1. The molecule has 3 nitrogen and oxygen atoms in total. The van der Waals surface area contributed by atoms with Gasteiger partial charge >= 0.3 is 5.97 Å². The summed E-state index contributed by atoms with van der Waals surface area (Å²) in [5, 5.41) is 11.7. The van der Waals surface area contributed by atoms with Crippen molar-refractivity contribution in [2.75, 3.05) is 0 Å². The van der Waals surface area contributed by atoms with Gasteiger partial charge in [0.2, 0.25) is 0 Å². The molecule has 2 aromatic carbocycles. The van der Waals surface area contributed by atoms with Crippen molar-refractivity contribution in [1.29, 1.82) is 0 Å². The second-order valence-electron chi connectivity index (χ2n) is 5.12. The highest BCUT2D eigenvalue weighted by atomic mass is 16.4. The summed E-state index contributed by atoms with van der Waals surface area (Å²) >= 11 is 0. The number of nitrogens with two attached hydrogens (primary N) is 1. The normalized spacial score (nSPS) is 26.8. The van der Waals surface area contributed by atoms with Crippen LogP contribution in [-0.4, -0.2) is 17.1 Å². The van der Waals surface area contributed by atoms with Crippen molar-refractivity contribution in [3.8, 4) is 0 Å². The number of hydrogen-bond donors (Lipinski definition) is 2. The van der Waals surface area contributed by atoms with E-state index in [1.807, 2.05) is 42.5 Å². The van der Waals surface area contributed by atoms with Gasteiger partial charge in [-0.05, 0) is 29.2 Å². The summed E-state index contributed by atoms with van der Waals surface area (Å²) in [5.41, 5.74) is 5.87. The quantitative estimate of drug-likeness (QED) is 0.847. The Kier molecular flexibility index (Phi) is 2.38. The maximum Gasteiger partial charge on any atom is 0.314 e. The number of carboxylic acid groups (broad SMARTS) is 1. The lowest BCUT2D eigenvalue weighted by Gasteiger charge is -2.43. The third-order valence-electron chi connectivity index (χ3n) is 3.93. The third-order valence-corrected chi connectivity index (χ3v) is 3.93. The summed E-state index contributed by atoms with van der Waals surface area (Å²) in [7, 11) is 0. The molecule has 0 amide bonds. The van der Waals surface area contributed by atoms with E-state index in [9.17, 15) is 9.90 Å². The predicted molar refractivity (Wildman–Crippen MR) is 70.5 cm³/mol. The minimum Gasteiger partial charge on any atom is -0.481 e. The molecule has 3 heteroatoms. The van der Waals surface area contributed by atoms with Crippen molar-refractivity contribution < 1.29 is 9.90 Å².